The van der Waals surface area contributed by atoms with Crippen molar-refractivity contribution in [3.63, 3.8) is 0 Å². The second kappa shape index (κ2) is 9.41. The number of halogens is 3. The molecule has 0 aliphatic carbocycles. The molecule has 0 unspecified atom stereocenters. The van der Waals surface area contributed by atoms with Gasteiger partial charge in [-0.3, -0.25) is 4.79 Å². The first kappa shape index (κ1) is 27.6. The van der Waals surface area contributed by atoms with Crippen LogP contribution in [0.2, 0.25) is 0 Å². The number of carbonyl (C=O) groups excluding carboxylic acids is 1. The summed E-state index contributed by atoms with van der Waals surface area (Å²) in [6, 6.07) is 6.91. The van der Waals surface area contributed by atoms with Crippen LogP contribution >= 0.6 is 0 Å². The molecule has 12 heteroatoms. The summed E-state index contributed by atoms with van der Waals surface area (Å²) < 4.78 is 81.7. The van der Waals surface area contributed by atoms with E-state index < -0.39 is 64.1 Å². The monoisotopic (exact) mass is 538 g/mol. The average Bonchev–Trinajstić information content (AvgIpc) is 3.23. The molecule has 0 bridgehead atoms. The van der Waals surface area contributed by atoms with E-state index in [1.165, 1.54) is 19.1 Å². The van der Waals surface area contributed by atoms with Crippen LogP contribution in [0.25, 0.3) is 0 Å². The standard InChI is InChI=1S/C25H30BF3N2O5S/c1-23(2)24(3,4)36-26(35-23)17-10-16(11-19(28)12-17)14-30-22(32)21-13-25(5,29)15-31(21)37(33,34)20-8-6-18(27)7-9-20/h6-12,21H,13-15H2,1-5H3,(H,30,32)/t21-,25-/m1/s1. The first-order valence-electron chi connectivity index (χ1n) is 11.9. The quantitative estimate of drug-likeness (QED) is 0.572. The van der Waals surface area contributed by atoms with Gasteiger partial charge in [-0.2, -0.15) is 4.31 Å². The van der Waals surface area contributed by atoms with Crippen LogP contribution in [0.3, 0.4) is 0 Å². The summed E-state index contributed by atoms with van der Waals surface area (Å²) in [6.07, 6.45) is -0.360. The lowest BCUT2D eigenvalue weighted by molar-refractivity contribution is -0.124. The molecule has 1 amide bonds. The molecule has 0 radical (unpaired) electrons. The van der Waals surface area contributed by atoms with Crippen molar-refractivity contribution in [3.05, 3.63) is 59.7 Å². The summed E-state index contributed by atoms with van der Waals surface area (Å²) in [4.78, 5) is 12.8. The zero-order chi connectivity index (χ0) is 27.4. The number of rotatable bonds is 6. The minimum Gasteiger partial charge on any atom is -0.399 e. The molecule has 37 heavy (non-hydrogen) atoms. The molecular weight excluding hydrogens is 508 g/mol. The molecule has 2 aliphatic heterocycles. The summed E-state index contributed by atoms with van der Waals surface area (Å²) in [5, 5.41) is 2.60. The fourth-order valence-electron chi connectivity index (χ4n) is 4.42. The van der Waals surface area contributed by atoms with E-state index in [2.05, 4.69) is 5.32 Å². The van der Waals surface area contributed by atoms with Crippen molar-refractivity contribution >= 4 is 28.5 Å². The Bertz CT molecular complexity index is 1290. The van der Waals surface area contributed by atoms with E-state index in [9.17, 15) is 26.4 Å². The van der Waals surface area contributed by atoms with Crippen LogP contribution in [0.4, 0.5) is 13.2 Å². The summed E-state index contributed by atoms with van der Waals surface area (Å²) in [6.45, 7) is 8.05. The zero-order valence-corrected chi connectivity index (χ0v) is 22.2. The largest absolute Gasteiger partial charge is 0.494 e. The maximum absolute atomic E-state index is 14.9. The fraction of sp³-hybridized carbons (Fsp3) is 0.480. The normalized spacial score (nSPS) is 25.4. The van der Waals surface area contributed by atoms with E-state index in [0.717, 1.165) is 28.6 Å². The highest BCUT2D eigenvalue weighted by molar-refractivity contribution is 7.89. The molecule has 0 saturated carbocycles. The van der Waals surface area contributed by atoms with Crippen LogP contribution in [0.5, 0.6) is 0 Å². The number of nitrogens with one attached hydrogen (secondary N) is 1. The van der Waals surface area contributed by atoms with Crippen LogP contribution < -0.4 is 10.8 Å². The molecule has 2 atom stereocenters. The number of benzene rings is 2. The van der Waals surface area contributed by atoms with Crippen LogP contribution in [-0.2, 0) is 30.7 Å². The van der Waals surface area contributed by atoms with E-state index in [1.807, 2.05) is 27.7 Å². The van der Waals surface area contributed by atoms with Crippen molar-refractivity contribution in [1.82, 2.24) is 9.62 Å². The average molecular weight is 538 g/mol. The number of sulfonamides is 1. The first-order chi connectivity index (χ1) is 17.0. The highest BCUT2D eigenvalue weighted by Crippen LogP contribution is 2.37. The van der Waals surface area contributed by atoms with Crippen LogP contribution in [-0.4, -0.2) is 55.2 Å². The van der Waals surface area contributed by atoms with Gasteiger partial charge in [-0.25, -0.2) is 21.6 Å². The molecule has 2 fully saturated rings. The Morgan fingerprint density at radius 1 is 1.03 bits per heavy atom. The van der Waals surface area contributed by atoms with Gasteiger partial charge in [-0.15, -0.1) is 0 Å². The first-order valence-corrected chi connectivity index (χ1v) is 13.3. The van der Waals surface area contributed by atoms with Crippen LogP contribution in [0.15, 0.2) is 47.4 Å². The van der Waals surface area contributed by atoms with Crippen molar-refractivity contribution in [2.24, 2.45) is 0 Å². The fourth-order valence-corrected chi connectivity index (χ4v) is 6.12. The molecule has 200 valence electrons. The minimum absolute atomic E-state index is 0.132. The molecule has 2 aliphatic rings. The van der Waals surface area contributed by atoms with Crippen molar-refractivity contribution < 1.29 is 35.7 Å². The summed E-state index contributed by atoms with van der Waals surface area (Å²) in [7, 11) is -5.09. The Labute approximate surface area is 215 Å². The van der Waals surface area contributed by atoms with E-state index in [-0.39, 0.29) is 17.9 Å². The number of alkyl halides is 1. The lowest BCUT2D eigenvalue weighted by atomic mass is 9.78. The van der Waals surface area contributed by atoms with Gasteiger partial charge in [0.15, 0.2) is 0 Å². The van der Waals surface area contributed by atoms with Gasteiger partial charge in [0.25, 0.3) is 0 Å². The maximum Gasteiger partial charge on any atom is 0.494 e. The molecule has 1 N–H and O–H groups in total. The molecule has 0 spiro atoms. The SMILES string of the molecule is CC1(C)OB(c2cc(F)cc(CNC(=O)[C@H]3C[C@@](C)(F)CN3S(=O)(=O)c3ccc(F)cc3)c2)OC1(C)C. The van der Waals surface area contributed by atoms with E-state index in [1.54, 1.807) is 6.07 Å². The zero-order valence-electron chi connectivity index (χ0n) is 21.3. The van der Waals surface area contributed by atoms with E-state index in [0.29, 0.717) is 11.0 Å². The molecule has 2 saturated heterocycles. The van der Waals surface area contributed by atoms with E-state index >= 15 is 0 Å². The highest BCUT2D eigenvalue weighted by atomic mass is 32.2. The Balaban J connectivity index is 1.51. The molecule has 4 rings (SSSR count). The van der Waals surface area contributed by atoms with E-state index in [4.69, 9.17) is 9.31 Å². The molecule has 0 aromatic heterocycles. The van der Waals surface area contributed by atoms with Crippen molar-refractivity contribution in [2.45, 2.75) is 75.4 Å². The van der Waals surface area contributed by atoms with Crippen molar-refractivity contribution in [3.8, 4) is 0 Å². The Morgan fingerprint density at radius 3 is 2.22 bits per heavy atom. The topological polar surface area (TPSA) is 84.9 Å². The van der Waals surface area contributed by atoms with Crippen molar-refractivity contribution in [2.75, 3.05) is 6.54 Å². The molecule has 2 aromatic carbocycles. The molecule has 2 aromatic rings. The smallest absolute Gasteiger partial charge is 0.399 e. The van der Waals surface area contributed by atoms with Gasteiger partial charge < -0.3 is 14.6 Å². The minimum atomic E-state index is -4.28. The maximum atomic E-state index is 14.9. The highest BCUT2D eigenvalue weighted by Gasteiger charge is 2.52. The van der Waals surface area contributed by atoms with Gasteiger partial charge in [0.1, 0.15) is 23.3 Å². The third kappa shape index (κ3) is 5.57. The number of carbonyl (C=O) groups is 1. The number of amides is 1. The van der Waals surface area contributed by atoms with Crippen LogP contribution in [0, 0.1) is 11.6 Å². The predicted octanol–water partition coefficient (Wildman–Crippen LogP) is 3.07. The second-order valence-electron chi connectivity index (χ2n) is 10.8. The molecule has 2 heterocycles. The Hall–Kier alpha value is -2.41. The lowest BCUT2D eigenvalue weighted by Gasteiger charge is -2.32. The Kier molecular flexibility index (Phi) is 7.02. The molecular formula is C25H30BF3N2O5S. The predicted molar refractivity (Wildman–Crippen MR) is 132 cm³/mol. The van der Waals surface area contributed by atoms with Gasteiger partial charge in [-0.1, -0.05) is 6.07 Å². The third-order valence-electron chi connectivity index (χ3n) is 7.15. The summed E-state index contributed by atoms with van der Waals surface area (Å²) in [5.41, 5.74) is -2.37. The van der Waals surface area contributed by atoms with Gasteiger partial charge in [0.2, 0.25) is 15.9 Å². The van der Waals surface area contributed by atoms with Gasteiger partial charge in [0, 0.05) is 19.5 Å². The summed E-state index contributed by atoms with van der Waals surface area (Å²) >= 11 is 0. The third-order valence-corrected chi connectivity index (χ3v) is 9.02. The Morgan fingerprint density at radius 2 is 1.62 bits per heavy atom. The summed E-state index contributed by atoms with van der Waals surface area (Å²) in [5.74, 6) is -1.91. The van der Waals surface area contributed by atoms with Crippen LogP contribution in [0.1, 0.15) is 46.6 Å². The molecule has 7 nitrogen and oxygen atoms in total. The number of hydrogen-bond donors (Lipinski definition) is 1. The number of nitrogens with zero attached hydrogens (tertiary/aromatic N) is 1. The number of hydrogen-bond acceptors (Lipinski definition) is 5. The second-order valence-corrected chi connectivity index (χ2v) is 12.7. The van der Waals surface area contributed by atoms with Crippen molar-refractivity contribution in [1.29, 1.82) is 0 Å². The van der Waals surface area contributed by atoms with Gasteiger partial charge in [-0.05, 0) is 82.0 Å². The van der Waals surface area contributed by atoms with Gasteiger partial charge >= 0.3 is 7.12 Å². The lowest BCUT2D eigenvalue weighted by Crippen LogP contribution is -2.45. The van der Waals surface area contributed by atoms with Gasteiger partial charge in [0.05, 0.1) is 16.1 Å².